The molecule has 1 aromatic rings. The maximum atomic E-state index is 12.1. The Kier molecular flexibility index (Phi) is 5.16. The number of nitrogens with zero attached hydrogens (tertiary/aromatic N) is 3. The molecule has 0 radical (unpaired) electrons. The summed E-state index contributed by atoms with van der Waals surface area (Å²) in [5.74, 6) is -0.468. The van der Waals surface area contributed by atoms with Crippen molar-refractivity contribution in [1.29, 1.82) is 0 Å². The molecule has 0 aromatic heterocycles. The first-order valence-corrected chi connectivity index (χ1v) is 6.64. The predicted octanol–water partition coefficient (Wildman–Crippen LogP) is 2.67. The van der Waals surface area contributed by atoms with Crippen molar-refractivity contribution in [3.8, 4) is 0 Å². The summed E-state index contributed by atoms with van der Waals surface area (Å²) in [6.07, 6.45) is -1.19. The maximum Gasteiger partial charge on any atom is 0.338 e. The summed E-state index contributed by atoms with van der Waals surface area (Å²) in [6, 6.07) is 8.13. The fourth-order valence-electron chi connectivity index (χ4n) is 2.29. The van der Waals surface area contributed by atoms with Gasteiger partial charge in [0, 0.05) is 18.4 Å². The number of methoxy groups -OCH3 is 1. The van der Waals surface area contributed by atoms with Gasteiger partial charge in [-0.15, -0.1) is 0 Å². The molecule has 1 aliphatic heterocycles. The standard InChI is InChI=1S/C14H17N3O4/c1-9-13(11(16-17-15)8-12(19-2)20-9)21-14(18)10-6-4-3-5-7-10/h3-7,9,11-13H,8H2,1-2H3/t9-,11+,12+,13+/m0/s1. The molecular weight excluding hydrogens is 274 g/mol. The highest BCUT2D eigenvalue weighted by Gasteiger charge is 2.39. The van der Waals surface area contributed by atoms with Gasteiger partial charge in [-0.25, -0.2) is 4.79 Å². The lowest BCUT2D eigenvalue weighted by molar-refractivity contribution is -0.211. The van der Waals surface area contributed by atoms with Crippen LogP contribution in [0.25, 0.3) is 10.4 Å². The SMILES string of the molecule is CO[C@H]1C[C@@H](N=[N+]=[N-])[C@H](OC(=O)c2ccccc2)[C@H](C)O1. The van der Waals surface area contributed by atoms with E-state index in [4.69, 9.17) is 19.7 Å². The lowest BCUT2D eigenvalue weighted by Gasteiger charge is -2.37. The second kappa shape index (κ2) is 7.08. The van der Waals surface area contributed by atoms with Gasteiger partial charge >= 0.3 is 5.97 Å². The molecule has 2 rings (SSSR count). The summed E-state index contributed by atoms with van der Waals surface area (Å²) in [7, 11) is 1.51. The number of hydrogen-bond acceptors (Lipinski definition) is 5. The van der Waals surface area contributed by atoms with E-state index < -0.39 is 30.5 Å². The highest BCUT2D eigenvalue weighted by Crippen LogP contribution is 2.26. The van der Waals surface area contributed by atoms with E-state index in [2.05, 4.69) is 10.0 Å². The largest absolute Gasteiger partial charge is 0.456 e. The quantitative estimate of drug-likeness (QED) is 0.369. The van der Waals surface area contributed by atoms with Crippen molar-refractivity contribution in [3.05, 3.63) is 46.3 Å². The molecule has 21 heavy (non-hydrogen) atoms. The van der Waals surface area contributed by atoms with E-state index in [-0.39, 0.29) is 0 Å². The first-order valence-electron chi connectivity index (χ1n) is 6.64. The summed E-state index contributed by atoms with van der Waals surface area (Å²) >= 11 is 0. The molecule has 1 aliphatic rings. The molecule has 0 unspecified atom stereocenters. The van der Waals surface area contributed by atoms with E-state index in [9.17, 15) is 4.79 Å². The lowest BCUT2D eigenvalue weighted by atomic mass is 10.00. The first kappa shape index (κ1) is 15.3. The average Bonchev–Trinajstić information content (AvgIpc) is 2.51. The fraction of sp³-hybridized carbons (Fsp3) is 0.500. The van der Waals surface area contributed by atoms with Crippen LogP contribution in [-0.4, -0.2) is 37.6 Å². The van der Waals surface area contributed by atoms with Crippen molar-refractivity contribution in [1.82, 2.24) is 0 Å². The molecule has 0 bridgehead atoms. The molecule has 0 N–H and O–H groups in total. The van der Waals surface area contributed by atoms with Crippen LogP contribution in [0, 0.1) is 0 Å². The van der Waals surface area contributed by atoms with Crippen LogP contribution >= 0.6 is 0 Å². The van der Waals surface area contributed by atoms with Crippen LogP contribution in [0.2, 0.25) is 0 Å². The van der Waals surface area contributed by atoms with Gasteiger partial charge < -0.3 is 14.2 Å². The number of ether oxygens (including phenoxy) is 3. The molecule has 1 saturated heterocycles. The van der Waals surface area contributed by atoms with Crippen LogP contribution in [0.5, 0.6) is 0 Å². The van der Waals surface area contributed by atoms with Crippen molar-refractivity contribution in [2.24, 2.45) is 5.11 Å². The Balaban J connectivity index is 2.12. The van der Waals surface area contributed by atoms with Gasteiger partial charge in [0.05, 0.1) is 17.7 Å². The minimum absolute atomic E-state index is 0.345. The second-order valence-electron chi connectivity index (χ2n) is 4.75. The highest BCUT2D eigenvalue weighted by molar-refractivity contribution is 5.89. The molecule has 7 nitrogen and oxygen atoms in total. The number of rotatable bonds is 4. The van der Waals surface area contributed by atoms with Gasteiger partial charge in [-0.2, -0.15) is 0 Å². The molecule has 1 fully saturated rings. The lowest BCUT2D eigenvalue weighted by Crippen LogP contribution is -2.48. The number of carbonyl (C=O) groups is 1. The van der Waals surface area contributed by atoms with E-state index in [1.165, 1.54) is 7.11 Å². The molecule has 0 saturated carbocycles. The Morgan fingerprint density at radius 3 is 2.76 bits per heavy atom. The molecule has 0 aliphatic carbocycles. The number of carbonyl (C=O) groups excluding carboxylic acids is 1. The monoisotopic (exact) mass is 291 g/mol. The van der Waals surface area contributed by atoms with Gasteiger partial charge in [0.25, 0.3) is 0 Å². The Bertz CT molecular complexity index is 530. The molecule has 1 heterocycles. The number of hydrogen-bond donors (Lipinski definition) is 0. The number of esters is 1. The third kappa shape index (κ3) is 3.72. The predicted molar refractivity (Wildman–Crippen MR) is 74.5 cm³/mol. The van der Waals surface area contributed by atoms with Crippen LogP contribution in [-0.2, 0) is 14.2 Å². The van der Waals surface area contributed by atoms with Gasteiger partial charge in [-0.05, 0) is 24.6 Å². The van der Waals surface area contributed by atoms with Crippen LogP contribution < -0.4 is 0 Å². The first-order chi connectivity index (χ1) is 10.2. The van der Waals surface area contributed by atoms with Crippen molar-refractivity contribution in [2.45, 2.75) is 37.9 Å². The van der Waals surface area contributed by atoms with Crippen LogP contribution in [0.3, 0.4) is 0 Å². The smallest absolute Gasteiger partial charge is 0.338 e. The van der Waals surface area contributed by atoms with Gasteiger partial charge in [0.15, 0.2) is 6.29 Å². The highest BCUT2D eigenvalue weighted by atomic mass is 16.7. The second-order valence-corrected chi connectivity index (χ2v) is 4.75. The van der Waals surface area contributed by atoms with Gasteiger partial charge in [0.1, 0.15) is 6.10 Å². The third-order valence-corrected chi connectivity index (χ3v) is 3.36. The summed E-state index contributed by atoms with van der Waals surface area (Å²) in [4.78, 5) is 14.9. The van der Waals surface area contributed by atoms with Crippen molar-refractivity contribution in [2.75, 3.05) is 7.11 Å². The Morgan fingerprint density at radius 1 is 1.43 bits per heavy atom. The molecule has 7 heteroatoms. The summed E-state index contributed by atoms with van der Waals surface area (Å²) < 4.78 is 16.2. The van der Waals surface area contributed by atoms with Gasteiger partial charge in [-0.1, -0.05) is 23.3 Å². The minimum Gasteiger partial charge on any atom is -0.456 e. The van der Waals surface area contributed by atoms with Gasteiger partial charge in [-0.3, -0.25) is 0 Å². The zero-order chi connectivity index (χ0) is 15.2. The molecule has 0 amide bonds. The van der Waals surface area contributed by atoms with Crippen LogP contribution in [0.4, 0.5) is 0 Å². The van der Waals surface area contributed by atoms with E-state index in [1.54, 1.807) is 31.2 Å². The number of azide groups is 1. The minimum atomic E-state index is -0.639. The Hall–Kier alpha value is -2.08. The van der Waals surface area contributed by atoms with E-state index in [1.807, 2.05) is 6.07 Å². The fourth-order valence-corrected chi connectivity index (χ4v) is 2.29. The molecule has 112 valence electrons. The average molecular weight is 291 g/mol. The molecule has 0 spiro atoms. The Labute approximate surface area is 122 Å². The Morgan fingerprint density at radius 2 is 2.14 bits per heavy atom. The topological polar surface area (TPSA) is 93.5 Å². The van der Waals surface area contributed by atoms with E-state index in [0.717, 1.165) is 0 Å². The van der Waals surface area contributed by atoms with Crippen molar-refractivity contribution >= 4 is 5.97 Å². The van der Waals surface area contributed by atoms with Crippen LogP contribution in [0.15, 0.2) is 35.4 Å². The summed E-state index contributed by atoms with van der Waals surface area (Å²) in [6.45, 7) is 1.76. The molecule has 4 atom stereocenters. The van der Waals surface area contributed by atoms with Crippen molar-refractivity contribution in [3.63, 3.8) is 0 Å². The summed E-state index contributed by atoms with van der Waals surface area (Å²) in [5.41, 5.74) is 9.11. The van der Waals surface area contributed by atoms with E-state index in [0.29, 0.717) is 12.0 Å². The van der Waals surface area contributed by atoms with Crippen molar-refractivity contribution < 1.29 is 19.0 Å². The number of benzene rings is 1. The normalized spacial score (nSPS) is 28.5. The summed E-state index contributed by atoms with van der Waals surface area (Å²) in [5, 5.41) is 3.70. The maximum absolute atomic E-state index is 12.1. The van der Waals surface area contributed by atoms with E-state index >= 15 is 0 Å². The molecular formula is C14H17N3O4. The van der Waals surface area contributed by atoms with Gasteiger partial charge in [0.2, 0.25) is 0 Å². The third-order valence-electron chi connectivity index (χ3n) is 3.36. The zero-order valence-electron chi connectivity index (χ0n) is 11.9. The van der Waals surface area contributed by atoms with Crippen LogP contribution in [0.1, 0.15) is 23.7 Å². The molecule has 1 aromatic carbocycles. The zero-order valence-corrected chi connectivity index (χ0v) is 11.9.